The van der Waals surface area contributed by atoms with Crippen LogP contribution in [0, 0.1) is 0 Å². The zero-order valence-corrected chi connectivity index (χ0v) is 20.7. The second-order valence-electron chi connectivity index (χ2n) is 7.81. The zero-order valence-electron chi connectivity index (χ0n) is 18.7. The predicted molar refractivity (Wildman–Crippen MR) is 133 cm³/mol. The summed E-state index contributed by atoms with van der Waals surface area (Å²) < 4.78 is 13.4. The van der Waals surface area contributed by atoms with Gasteiger partial charge < -0.3 is 8.85 Å². The Morgan fingerprint density at radius 2 is 0.767 bits per heavy atom. The Bertz CT molecular complexity index is 811. The minimum Gasteiger partial charge on any atom is -0.539 e. The van der Waals surface area contributed by atoms with Crippen LogP contribution in [0.5, 0.6) is 11.5 Å². The van der Waals surface area contributed by atoms with Crippen LogP contribution in [0.15, 0.2) is 84.9 Å². The second kappa shape index (κ2) is 10.1. The molecule has 2 nitrogen and oxygen atoms in total. The number of rotatable bonds is 10. The SMILES string of the molecule is CC[Si](CC)(Oc1ccccc1)c1ccc([Si](CC)(CC)Oc2ccccc2)cc1. The summed E-state index contributed by atoms with van der Waals surface area (Å²) in [7, 11) is -4.12. The monoisotopic (exact) mass is 434 g/mol. The van der Waals surface area contributed by atoms with Gasteiger partial charge in [0.1, 0.15) is 11.5 Å². The van der Waals surface area contributed by atoms with Gasteiger partial charge in [-0.25, -0.2) is 0 Å². The summed E-state index contributed by atoms with van der Waals surface area (Å²) in [6.45, 7) is 9.06. The summed E-state index contributed by atoms with van der Waals surface area (Å²) in [5, 5.41) is 2.74. The largest absolute Gasteiger partial charge is 0.539 e. The van der Waals surface area contributed by atoms with E-state index in [0.717, 1.165) is 35.7 Å². The van der Waals surface area contributed by atoms with Crippen molar-refractivity contribution in [2.24, 2.45) is 0 Å². The lowest BCUT2D eigenvalue weighted by Crippen LogP contribution is -2.55. The maximum atomic E-state index is 6.68. The summed E-state index contributed by atoms with van der Waals surface area (Å²) in [6.07, 6.45) is 0. The molecule has 0 heterocycles. The quantitative estimate of drug-likeness (QED) is 0.352. The first-order valence-corrected chi connectivity index (χ1v) is 15.8. The van der Waals surface area contributed by atoms with Crippen molar-refractivity contribution in [3.8, 4) is 11.5 Å². The summed E-state index contributed by atoms with van der Waals surface area (Å²) in [6, 6.07) is 34.1. The lowest BCUT2D eigenvalue weighted by Gasteiger charge is -2.33. The molecule has 3 aromatic carbocycles. The van der Waals surface area contributed by atoms with Crippen molar-refractivity contribution in [3.05, 3.63) is 84.9 Å². The van der Waals surface area contributed by atoms with E-state index in [1.54, 1.807) is 0 Å². The molecule has 0 unspecified atom stereocenters. The van der Waals surface area contributed by atoms with Crippen LogP contribution < -0.4 is 19.2 Å². The van der Waals surface area contributed by atoms with Crippen molar-refractivity contribution >= 4 is 27.0 Å². The standard InChI is InChI=1S/C26H34O2Si2/c1-5-29(6-2,27-23-15-11-9-12-16-23)25-19-21-26(22-20-25)30(7-3,8-4)28-24-17-13-10-14-18-24/h9-22H,5-8H2,1-4H3. The van der Waals surface area contributed by atoms with Gasteiger partial charge in [-0.05, 0) is 58.8 Å². The van der Waals surface area contributed by atoms with Crippen molar-refractivity contribution < 1.29 is 8.85 Å². The van der Waals surface area contributed by atoms with E-state index in [9.17, 15) is 0 Å². The average molecular weight is 435 g/mol. The van der Waals surface area contributed by atoms with Crippen molar-refractivity contribution in [1.29, 1.82) is 0 Å². The molecule has 0 aliphatic heterocycles. The Kier molecular flexibility index (Phi) is 7.56. The molecular formula is C26H34O2Si2. The average Bonchev–Trinajstić information content (AvgIpc) is 2.83. The molecule has 0 N–H and O–H groups in total. The van der Waals surface area contributed by atoms with Gasteiger partial charge in [0.2, 0.25) is 0 Å². The van der Waals surface area contributed by atoms with Crippen LogP contribution in [-0.2, 0) is 0 Å². The first-order chi connectivity index (χ1) is 14.6. The Balaban J connectivity index is 1.92. The van der Waals surface area contributed by atoms with Crippen LogP contribution in [0.4, 0.5) is 0 Å². The molecule has 0 amide bonds. The fraction of sp³-hybridized carbons (Fsp3) is 0.308. The fourth-order valence-electron chi connectivity index (χ4n) is 4.23. The topological polar surface area (TPSA) is 18.5 Å². The Labute approximate surface area is 184 Å². The normalized spacial score (nSPS) is 11.9. The van der Waals surface area contributed by atoms with Gasteiger partial charge >= 0.3 is 0 Å². The summed E-state index contributed by atoms with van der Waals surface area (Å²) in [4.78, 5) is 0. The van der Waals surface area contributed by atoms with E-state index in [-0.39, 0.29) is 0 Å². The highest BCUT2D eigenvalue weighted by Gasteiger charge is 2.38. The third-order valence-electron chi connectivity index (χ3n) is 6.33. The van der Waals surface area contributed by atoms with Crippen LogP contribution in [0.2, 0.25) is 24.2 Å². The van der Waals surface area contributed by atoms with Crippen LogP contribution >= 0.6 is 0 Å². The number of hydrogen-bond donors (Lipinski definition) is 0. The third kappa shape index (κ3) is 4.71. The highest BCUT2D eigenvalue weighted by atomic mass is 28.4. The molecule has 4 heteroatoms. The highest BCUT2D eigenvalue weighted by Crippen LogP contribution is 2.24. The Morgan fingerprint density at radius 1 is 0.467 bits per heavy atom. The predicted octanol–water partition coefficient (Wildman–Crippen LogP) is 6.23. The van der Waals surface area contributed by atoms with E-state index in [4.69, 9.17) is 8.85 Å². The van der Waals surface area contributed by atoms with Gasteiger partial charge in [0.25, 0.3) is 16.6 Å². The minimum atomic E-state index is -2.06. The van der Waals surface area contributed by atoms with Gasteiger partial charge in [0, 0.05) is 0 Å². The molecule has 30 heavy (non-hydrogen) atoms. The molecule has 3 rings (SSSR count). The van der Waals surface area contributed by atoms with Gasteiger partial charge in [0.05, 0.1) is 0 Å². The smallest absolute Gasteiger partial charge is 0.282 e. The lowest BCUT2D eigenvalue weighted by molar-refractivity contribution is 0.547. The molecule has 0 radical (unpaired) electrons. The van der Waals surface area contributed by atoms with E-state index in [1.165, 1.54) is 10.4 Å². The van der Waals surface area contributed by atoms with Crippen LogP contribution in [0.3, 0.4) is 0 Å². The van der Waals surface area contributed by atoms with Gasteiger partial charge in [-0.3, -0.25) is 0 Å². The van der Waals surface area contributed by atoms with Crippen molar-refractivity contribution in [1.82, 2.24) is 0 Å². The molecule has 0 fully saturated rings. The summed E-state index contributed by atoms with van der Waals surface area (Å²) in [5.41, 5.74) is 0. The van der Waals surface area contributed by atoms with Gasteiger partial charge in [-0.15, -0.1) is 0 Å². The molecule has 0 atom stereocenters. The summed E-state index contributed by atoms with van der Waals surface area (Å²) >= 11 is 0. The Hall–Kier alpha value is -2.31. The molecule has 0 aromatic heterocycles. The molecule has 0 bridgehead atoms. The molecular weight excluding hydrogens is 400 g/mol. The van der Waals surface area contributed by atoms with Gasteiger partial charge in [0.15, 0.2) is 0 Å². The molecule has 158 valence electrons. The molecule has 0 aliphatic carbocycles. The minimum absolute atomic E-state index is 0.982. The van der Waals surface area contributed by atoms with E-state index in [0.29, 0.717) is 0 Å². The molecule has 0 aliphatic rings. The molecule has 0 saturated heterocycles. The molecule has 0 saturated carbocycles. The van der Waals surface area contributed by atoms with Crippen molar-refractivity contribution in [2.45, 2.75) is 51.9 Å². The van der Waals surface area contributed by atoms with Crippen LogP contribution in [0.1, 0.15) is 27.7 Å². The Morgan fingerprint density at radius 3 is 1.03 bits per heavy atom. The lowest BCUT2D eigenvalue weighted by atomic mass is 10.3. The van der Waals surface area contributed by atoms with Crippen molar-refractivity contribution in [3.63, 3.8) is 0 Å². The number of benzene rings is 3. The molecule has 3 aromatic rings. The van der Waals surface area contributed by atoms with E-state index < -0.39 is 16.6 Å². The van der Waals surface area contributed by atoms with Crippen LogP contribution in [0.25, 0.3) is 0 Å². The highest BCUT2D eigenvalue weighted by molar-refractivity contribution is 6.88. The fourth-order valence-corrected chi connectivity index (χ4v) is 10.4. The third-order valence-corrected chi connectivity index (χ3v) is 14.9. The second-order valence-corrected chi connectivity index (χ2v) is 16.2. The van der Waals surface area contributed by atoms with E-state index in [2.05, 4.69) is 76.2 Å². The van der Waals surface area contributed by atoms with Crippen LogP contribution in [-0.4, -0.2) is 16.6 Å². The maximum absolute atomic E-state index is 6.68. The zero-order chi connectivity index (χ0) is 21.5. The maximum Gasteiger partial charge on any atom is 0.282 e. The van der Waals surface area contributed by atoms with Crippen molar-refractivity contribution in [2.75, 3.05) is 0 Å². The van der Waals surface area contributed by atoms with Gasteiger partial charge in [-0.1, -0.05) is 88.4 Å². The summed E-state index contributed by atoms with van der Waals surface area (Å²) in [5.74, 6) is 1.96. The number of para-hydroxylation sites is 2. The van der Waals surface area contributed by atoms with E-state index >= 15 is 0 Å². The first-order valence-electron chi connectivity index (χ1n) is 11.2. The molecule has 0 spiro atoms. The van der Waals surface area contributed by atoms with E-state index in [1.807, 2.05) is 36.4 Å². The first kappa shape index (κ1) is 22.4. The number of hydrogen-bond acceptors (Lipinski definition) is 2. The van der Waals surface area contributed by atoms with Gasteiger partial charge in [-0.2, -0.15) is 0 Å².